The number of benzene rings is 1. The quantitative estimate of drug-likeness (QED) is 0.802. The van der Waals surface area contributed by atoms with Crippen molar-refractivity contribution in [3.05, 3.63) is 67.3 Å². The molecule has 110 valence electrons. The molecule has 22 heavy (non-hydrogen) atoms. The van der Waals surface area contributed by atoms with E-state index in [1.54, 1.807) is 0 Å². The van der Waals surface area contributed by atoms with Gasteiger partial charge >= 0.3 is 0 Å². The average Bonchev–Trinajstić information content (AvgIpc) is 2.46. The molecule has 4 rings (SSSR count). The minimum Gasteiger partial charge on any atom is -0.358 e. The Morgan fingerprint density at radius 1 is 1.14 bits per heavy atom. The maximum atomic E-state index is 6.39. The van der Waals surface area contributed by atoms with Crippen LogP contribution in [0, 0.1) is 17.5 Å². The number of aromatic nitrogens is 1. The van der Waals surface area contributed by atoms with Crippen molar-refractivity contribution in [1.82, 2.24) is 4.98 Å². The highest BCUT2D eigenvalue weighted by molar-refractivity contribution is 6.47. The first-order valence-electron chi connectivity index (χ1n) is 7.19. The van der Waals surface area contributed by atoms with E-state index in [1.807, 2.05) is 26.0 Å². The van der Waals surface area contributed by atoms with Gasteiger partial charge in [0.15, 0.2) is 0 Å². The van der Waals surface area contributed by atoms with Crippen LogP contribution in [0.1, 0.15) is 18.2 Å². The fourth-order valence-corrected chi connectivity index (χ4v) is 3.82. The third kappa shape index (κ3) is 1.98. The van der Waals surface area contributed by atoms with Crippen LogP contribution in [-0.2, 0) is 6.42 Å². The topological polar surface area (TPSA) is 24.9 Å². The molecule has 0 spiro atoms. The average molecular weight is 329 g/mol. The van der Waals surface area contributed by atoms with Crippen LogP contribution in [-0.4, -0.2) is 4.98 Å². The molecule has 0 unspecified atom stereocenters. The van der Waals surface area contributed by atoms with E-state index in [2.05, 4.69) is 23.5 Å². The number of aryl methyl sites for hydroxylation is 1. The predicted octanol–water partition coefficient (Wildman–Crippen LogP) is 3.34. The van der Waals surface area contributed by atoms with Gasteiger partial charge in [0.05, 0.1) is 21.1 Å². The van der Waals surface area contributed by atoms with Gasteiger partial charge in [-0.1, -0.05) is 41.4 Å². The van der Waals surface area contributed by atoms with Crippen molar-refractivity contribution < 1.29 is 0 Å². The van der Waals surface area contributed by atoms with Crippen LogP contribution >= 0.6 is 23.2 Å². The van der Waals surface area contributed by atoms with E-state index in [9.17, 15) is 0 Å². The van der Waals surface area contributed by atoms with Crippen molar-refractivity contribution in [2.24, 2.45) is 0 Å². The van der Waals surface area contributed by atoms with Gasteiger partial charge in [-0.15, -0.1) is 0 Å². The Labute approximate surface area is 138 Å². The molecule has 2 nitrogen and oxygen atoms in total. The van der Waals surface area contributed by atoms with Crippen LogP contribution in [0.5, 0.6) is 0 Å². The first kappa shape index (κ1) is 13.9. The third-order valence-corrected chi connectivity index (χ3v) is 4.76. The Morgan fingerprint density at radius 2 is 1.91 bits per heavy atom. The summed E-state index contributed by atoms with van der Waals surface area (Å²) in [6.45, 7) is 3.99. The number of rotatable bonds is 0. The van der Waals surface area contributed by atoms with Crippen LogP contribution < -0.4 is 15.8 Å². The van der Waals surface area contributed by atoms with Gasteiger partial charge in [0.1, 0.15) is 0 Å². The van der Waals surface area contributed by atoms with Crippen molar-refractivity contribution in [3.63, 3.8) is 0 Å². The van der Waals surface area contributed by atoms with Gasteiger partial charge in [-0.05, 0) is 38.0 Å². The molecule has 1 aromatic carbocycles. The lowest BCUT2D eigenvalue weighted by atomic mass is 9.97. The summed E-state index contributed by atoms with van der Waals surface area (Å²) in [5, 5.41) is 9.15. The largest absolute Gasteiger partial charge is 0.358 e. The maximum Gasteiger partial charge on any atom is 0.0792 e. The standard InChI is InChI=1S/C18H14Cl2N2/c1-9-7-15(19)13-5-4-12-11(17(13)21-9)3-6-14-16(20)8-10(2)22-18(12)14/h3,5-8,22H,4H2,1-2H3. The van der Waals surface area contributed by atoms with E-state index < -0.39 is 0 Å². The molecule has 1 aliphatic carbocycles. The molecule has 1 N–H and O–H groups in total. The molecule has 1 aliphatic heterocycles. The van der Waals surface area contributed by atoms with E-state index in [1.165, 1.54) is 5.56 Å². The molecule has 0 fully saturated rings. The lowest BCUT2D eigenvalue weighted by molar-refractivity contribution is 1.08. The first-order valence-corrected chi connectivity index (χ1v) is 7.95. The minimum atomic E-state index is 0.763. The fourth-order valence-electron chi connectivity index (χ4n) is 3.17. The molecule has 0 saturated carbocycles. The second-order valence-electron chi connectivity index (χ2n) is 5.73. The monoisotopic (exact) mass is 328 g/mol. The molecule has 2 heterocycles. The summed E-state index contributed by atoms with van der Waals surface area (Å²) in [6.07, 6.45) is 4.92. The van der Waals surface area contributed by atoms with Crippen LogP contribution in [0.25, 0.3) is 11.1 Å². The summed E-state index contributed by atoms with van der Waals surface area (Å²) in [5.41, 5.74) is 4.29. The van der Waals surface area contributed by atoms with Crippen molar-refractivity contribution in [3.8, 4) is 0 Å². The zero-order chi connectivity index (χ0) is 15.4. The SMILES string of the molecule is CC1=CC(Cl)=c2ccc3c(c2N1)CC=c1c(Cl)cc(C)nc1=3. The summed E-state index contributed by atoms with van der Waals surface area (Å²) >= 11 is 12.8. The smallest absolute Gasteiger partial charge is 0.0792 e. The van der Waals surface area contributed by atoms with Crippen LogP contribution in [0.4, 0.5) is 5.69 Å². The van der Waals surface area contributed by atoms with Gasteiger partial charge in [-0.2, -0.15) is 0 Å². The molecule has 0 atom stereocenters. The third-order valence-electron chi connectivity index (χ3n) is 4.14. The Balaban J connectivity index is 2.23. The van der Waals surface area contributed by atoms with Crippen LogP contribution in [0.15, 0.2) is 30.0 Å². The minimum absolute atomic E-state index is 0.763. The maximum absolute atomic E-state index is 6.39. The zero-order valence-electron chi connectivity index (χ0n) is 12.3. The molecule has 0 amide bonds. The highest BCUT2D eigenvalue weighted by Gasteiger charge is 2.15. The number of allylic oxidation sites excluding steroid dienone is 2. The summed E-state index contributed by atoms with van der Waals surface area (Å²) < 4.78 is 0. The molecule has 0 bridgehead atoms. The molecular weight excluding hydrogens is 315 g/mol. The van der Waals surface area contributed by atoms with E-state index in [-0.39, 0.29) is 0 Å². The Bertz CT molecular complexity index is 1070. The van der Waals surface area contributed by atoms with Crippen LogP contribution in [0.3, 0.4) is 0 Å². The number of nitrogens with zero attached hydrogens (tertiary/aromatic N) is 1. The van der Waals surface area contributed by atoms with E-state index in [4.69, 9.17) is 28.2 Å². The van der Waals surface area contributed by atoms with Gasteiger partial charge in [-0.25, -0.2) is 0 Å². The van der Waals surface area contributed by atoms with Gasteiger partial charge in [0.25, 0.3) is 0 Å². The van der Waals surface area contributed by atoms with E-state index in [0.29, 0.717) is 0 Å². The van der Waals surface area contributed by atoms with E-state index >= 15 is 0 Å². The second kappa shape index (κ2) is 4.87. The molecular formula is C18H14Cl2N2. The number of pyridine rings is 1. The van der Waals surface area contributed by atoms with Gasteiger partial charge in [-0.3, -0.25) is 4.98 Å². The number of hydrogen-bond donors (Lipinski definition) is 1. The van der Waals surface area contributed by atoms with Gasteiger partial charge < -0.3 is 5.32 Å². The summed E-state index contributed by atoms with van der Waals surface area (Å²) in [4.78, 5) is 4.70. The van der Waals surface area contributed by atoms with Crippen molar-refractivity contribution >= 4 is 40.0 Å². The lowest BCUT2D eigenvalue weighted by Crippen LogP contribution is -2.22. The van der Waals surface area contributed by atoms with Crippen molar-refractivity contribution in [1.29, 1.82) is 0 Å². The summed E-state index contributed by atoms with van der Waals surface area (Å²) in [6, 6.07) is 6.07. The summed E-state index contributed by atoms with van der Waals surface area (Å²) in [7, 11) is 0. The number of nitrogens with one attached hydrogen (secondary N) is 1. The Hall–Kier alpha value is -1.77. The highest BCUT2D eigenvalue weighted by atomic mass is 35.5. The number of halogens is 2. The van der Waals surface area contributed by atoms with Gasteiger partial charge in [0.2, 0.25) is 0 Å². The van der Waals surface area contributed by atoms with Crippen molar-refractivity contribution in [2.45, 2.75) is 20.3 Å². The molecule has 1 aromatic heterocycles. The zero-order valence-corrected chi connectivity index (χ0v) is 13.8. The normalized spacial score (nSPS) is 15.1. The lowest BCUT2D eigenvalue weighted by Gasteiger charge is -2.19. The molecule has 2 aliphatic rings. The van der Waals surface area contributed by atoms with E-state index in [0.717, 1.165) is 54.6 Å². The highest BCUT2D eigenvalue weighted by Crippen LogP contribution is 2.24. The van der Waals surface area contributed by atoms with Crippen LogP contribution in [0.2, 0.25) is 5.02 Å². The van der Waals surface area contributed by atoms with Gasteiger partial charge in [0, 0.05) is 27.0 Å². The predicted molar refractivity (Wildman–Crippen MR) is 92.2 cm³/mol. The number of anilines is 1. The summed E-state index contributed by atoms with van der Waals surface area (Å²) in [5.74, 6) is 0. The molecule has 2 aromatic rings. The Kier molecular flexibility index (Phi) is 3.07. The fraction of sp³-hybridized carbons (Fsp3) is 0.167. The first-order chi connectivity index (χ1) is 10.5. The Morgan fingerprint density at radius 3 is 2.73 bits per heavy atom. The molecule has 0 radical (unpaired) electrons. The molecule has 0 saturated heterocycles. The second-order valence-corrected chi connectivity index (χ2v) is 6.54. The number of fused-ring (bicyclic) bond motifs is 4. The number of hydrogen-bond acceptors (Lipinski definition) is 2. The molecule has 4 heteroatoms. The van der Waals surface area contributed by atoms with Crippen molar-refractivity contribution in [2.75, 3.05) is 5.32 Å².